The highest BCUT2D eigenvalue weighted by atomic mass is 15.1. The Morgan fingerprint density at radius 2 is 0.833 bits per heavy atom. The normalized spacial score (nSPS) is 12.4. The third kappa shape index (κ3) is 9.67. The van der Waals surface area contributed by atoms with Gasteiger partial charge in [-0.15, -0.1) is 6.58 Å². The second-order valence-electron chi connectivity index (χ2n) is 22.4. The zero-order valence-electron chi connectivity index (χ0n) is 45.3. The highest BCUT2D eigenvalue weighted by Gasteiger charge is 2.35. The lowest BCUT2D eigenvalue weighted by molar-refractivity contribution is 0.421. The summed E-state index contributed by atoms with van der Waals surface area (Å²) in [4.78, 5) is 2.37. The fourth-order valence-corrected chi connectivity index (χ4v) is 11.6. The summed E-state index contributed by atoms with van der Waals surface area (Å²) in [6.07, 6.45) is 3.06. The minimum atomic E-state index is -0.0533. The average molecular weight is 1010 g/mol. The second-order valence-corrected chi connectivity index (χ2v) is 22.4. The predicted octanol–water partition coefficient (Wildman–Crippen LogP) is 21.5. The van der Waals surface area contributed by atoms with Crippen LogP contribution in [0.15, 0.2) is 280 Å². The van der Waals surface area contributed by atoms with Gasteiger partial charge in [0, 0.05) is 38.9 Å². The summed E-state index contributed by atoms with van der Waals surface area (Å²) >= 11 is 0. The van der Waals surface area contributed by atoms with Crippen molar-refractivity contribution in [3.05, 3.63) is 291 Å². The van der Waals surface area contributed by atoms with Crippen molar-refractivity contribution in [2.75, 3.05) is 4.90 Å². The molecule has 0 radical (unpaired) electrons. The number of allylic oxidation sites excluding steroid dienone is 1. The Kier molecular flexibility index (Phi) is 13.2. The molecule has 1 aliphatic carbocycles. The molecule has 1 aromatic heterocycles. The van der Waals surface area contributed by atoms with Crippen LogP contribution >= 0.6 is 0 Å². The van der Waals surface area contributed by atoms with Crippen LogP contribution in [0.4, 0.5) is 17.1 Å². The SMILES string of the molecule is C=CCC(C)(C)C.CC1(C)c2ccccc2-c2cc(-n3c4ccc(-c5cccc(-c6ccc(N(c7cccc(-c8ccccc8)c7)c7cccc(-c8ccccc8)c7)cc6)c5)cc4c4ccc(-c5ccccc5)cc43)ccc21. The summed E-state index contributed by atoms with van der Waals surface area (Å²) in [7, 11) is 0. The Bertz CT molecular complexity index is 4030. The van der Waals surface area contributed by atoms with E-state index in [0.29, 0.717) is 5.41 Å². The molecule has 0 bridgehead atoms. The quantitative estimate of drug-likeness (QED) is 0.124. The Labute approximate surface area is 460 Å². The third-order valence-electron chi connectivity index (χ3n) is 15.5. The van der Waals surface area contributed by atoms with E-state index in [1.54, 1.807) is 0 Å². The number of fused-ring (bicyclic) bond motifs is 6. The Morgan fingerprint density at radius 1 is 0.372 bits per heavy atom. The summed E-state index contributed by atoms with van der Waals surface area (Å²) in [6, 6.07) is 97.8. The van der Waals surface area contributed by atoms with Crippen LogP contribution in [0.25, 0.3) is 94.3 Å². The fraction of sp³-hybridized carbons (Fsp3) is 0.105. The molecule has 0 saturated carbocycles. The van der Waals surface area contributed by atoms with E-state index in [4.69, 9.17) is 0 Å². The van der Waals surface area contributed by atoms with Crippen molar-refractivity contribution in [3.8, 4) is 72.4 Å². The van der Waals surface area contributed by atoms with Crippen LogP contribution in [0.1, 0.15) is 52.2 Å². The Balaban J connectivity index is 0.000000818. The number of rotatable bonds is 10. The second kappa shape index (κ2) is 20.7. The van der Waals surface area contributed by atoms with Crippen LogP contribution < -0.4 is 4.90 Å². The largest absolute Gasteiger partial charge is 0.310 e. The lowest BCUT2D eigenvalue weighted by Gasteiger charge is -2.27. The fourth-order valence-electron chi connectivity index (χ4n) is 11.6. The summed E-state index contributed by atoms with van der Waals surface area (Å²) < 4.78 is 2.48. The maximum atomic E-state index is 3.65. The van der Waals surface area contributed by atoms with Crippen LogP contribution in [0.2, 0.25) is 0 Å². The summed E-state index contributed by atoms with van der Waals surface area (Å²) in [6.45, 7) is 15.0. The monoisotopic (exact) mass is 1000 g/mol. The van der Waals surface area contributed by atoms with Crippen molar-refractivity contribution in [3.63, 3.8) is 0 Å². The highest BCUT2D eigenvalue weighted by molar-refractivity contribution is 6.11. The van der Waals surface area contributed by atoms with Gasteiger partial charge in [-0.05, 0) is 163 Å². The van der Waals surface area contributed by atoms with E-state index in [0.717, 1.165) is 23.5 Å². The molecule has 0 fully saturated rings. The first-order valence-electron chi connectivity index (χ1n) is 27.3. The van der Waals surface area contributed by atoms with Gasteiger partial charge in [-0.1, -0.05) is 235 Å². The molecule has 0 atom stereocenters. The Morgan fingerprint density at radius 3 is 1.41 bits per heavy atom. The van der Waals surface area contributed by atoms with E-state index in [9.17, 15) is 0 Å². The maximum Gasteiger partial charge on any atom is 0.0547 e. The highest BCUT2D eigenvalue weighted by Crippen LogP contribution is 2.50. The molecule has 78 heavy (non-hydrogen) atoms. The lowest BCUT2D eigenvalue weighted by Crippen LogP contribution is -2.14. The molecule has 2 heteroatoms. The van der Waals surface area contributed by atoms with Crippen LogP contribution in [0, 0.1) is 5.41 Å². The molecule has 12 aromatic rings. The van der Waals surface area contributed by atoms with E-state index < -0.39 is 0 Å². The van der Waals surface area contributed by atoms with E-state index in [2.05, 4.69) is 318 Å². The van der Waals surface area contributed by atoms with Crippen molar-refractivity contribution >= 4 is 38.9 Å². The molecule has 0 saturated heterocycles. The van der Waals surface area contributed by atoms with Gasteiger partial charge in [0.1, 0.15) is 0 Å². The van der Waals surface area contributed by atoms with Crippen LogP contribution in [0.5, 0.6) is 0 Å². The van der Waals surface area contributed by atoms with Crippen LogP contribution in [-0.4, -0.2) is 4.57 Å². The molecular formula is C76H64N2. The third-order valence-corrected chi connectivity index (χ3v) is 15.5. The molecule has 11 aromatic carbocycles. The molecule has 1 heterocycles. The van der Waals surface area contributed by atoms with Crippen molar-refractivity contribution in [1.29, 1.82) is 0 Å². The summed E-state index contributed by atoms with van der Waals surface area (Å²) in [5, 5.41) is 2.48. The molecule has 0 N–H and O–H groups in total. The van der Waals surface area contributed by atoms with Gasteiger partial charge >= 0.3 is 0 Å². The van der Waals surface area contributed by atoms with Gasteiger partial charge in [0.15, 0.2) is 0 Å². The molecule has 1 aliphatic rings. The average Bonchev–Trinajstić information content (AvgIpc) is 4.18. The van der Waals surface area contributed by atoms with Crippen LogP contribution in [-0.2, 0) is 5.41 Å². The smallest absolute Gasteiger partial charge is 0.0547 e. The molecule has 378 valence electrons. The van der Waals surface area contributed by atoms with Gasteiger partial charge in [-0.25, -0.2) is 0 Å². The number of aromatic nitrogens is 1. The molecule has 0 spiro atoms. The van der Waals surface area contributed by atoms with Gasteiger partial charge < -0.3 is 9.47 Å². The minimum absolute atomic E-state index is 0.0533. The standard InChI is InChI=1S/C69H50N2.C7H14/c1-69(2)65-30-13-12-29-61(65)63-46-60(37-39-66(63)69)71-67-40-34-55(44-64(67)62-38-33-56(45-68(62)71)49-21-10-5-11-22-49)52-24-14-23-51(41-52)50-31-35-57(36-32-50)70(58-27-15-25-53(42-58)47-17-6-3-7-18-47)59-28-16-26-54(43-59)48-19-8-4-9-20-48;1-5-6-7(2,3)4/h3-46H,1-2H3;5H,1,6H2,2-4H3. The number of nitrogens with zero attached hydrogens (tertiary/aromatic N) is 2. The topological polar surface area (TPSA) is 8.17 Å². The number of hydrogen-bond donors (Lipinski definition) is 0. The number of anilines is 3. The molecule has 0 unspecified atom stereocenters. The lowest BCUT2D eigenvalue weighted by atomic mass is 9.82. The van der Waals surface area contributed by atoms with E-state index in [-0.39, 0.29) is 5.41 Å². The Hall–Kier alpha value is -9.24. The van der Waals surface area contributed by atoms with E-state index in [1.807, 2.05) is 6.08 Å². The summed E-state index contributed by atoms with van der Waals surface area (Å²) in [5.41, 5.74) is 24.5. The molecular weight excluding hydrogens is 941 g/mol. The first kappa shape index (κ1) is 49.6. The van der Waals surface area contributed by atoms with Gasteiger partial charge in [0.2, 0.25) is 0 Å². The zero-order valence-corrected chi connectivity index (χ0v) is 45.3. The summed E-state index contributed by atoms with van der Waals surface area (Å²) in [5.74, 6) is 0. The molecule has 0 aliphatic heterocycles. The first-order valence-corrected chi connectivity index (χ1v) is 27.3. The number of hydrogen-bond acceptors (Lipinski definition) is 1. The van der Waals surface area contributed by atoms with Crippen molar-refractivity contribution in [1.82, 2.24) is 4.57 Å². The molecule has 13 rings (SSSR count). The van der Waals surface area contributed by atoms with Gasteiger partial charge in [-0.2, -0.15) is 0 Å². The number of benzene rings is 11. The predicted molar refractivity (Wildman–Crippen MR) is 334 cm³/mol. The zero-order chi connectivity index (χ0) is 53.4. The minimum Gasteiger partial charge on any atom is -0.310 e. The first-order chi connectivity index (χ1) is 38.0. The van der Waals surface area contributed by atoms with Gasteiger partial charge in [0.05, 0.1) is 11.0 Å². The van der Waals surface area contributed by atoms with Crippen LogP contribution in [0.3, 0.4) is 0 Å². The van der Waals surface area contributed by atoms with Gasteiger partial charge in [-0.3, -0.25) is 0 Å². The van der Waals surface area contributed by atoms with Crippen molar-refractivity contribution in [2.24, 2.45) is 5.41 Å². The van der Waals surface area contributed by atoms with E-state index >= 15 is 0 Å². The van der Waals surface area contributed by atoms with Gasteiger partial charge in [0.25, 0.3) is 0 Å². The van der Waals surface area contributed by atoms with Crippen molar-refractivity contribution < 1.29 is 0 Å². The molecule has 2 nitrogen and oxygen atoms in total. The van der Waals surface area contributed by atoms with Crippen molar-refractivity contribution in [2.45, 2.75) is 46.5 Å². The van der Waals surface area contributed by atoms with E-state index in [1.165, 1.54) is 105 Å². The maximum absolute atomic E-state index is 3.65. The molecule has 0 amide bonds.